The van der Waals surface area contributed by atoms with Gasteiger partial charge in [-0.15, -0.1) is 0 Å². The molecular weight excluding hydrogens is 268 g/mol. The Hall–Kier alpha value is -2.81. The topological polar surface area (TPSA) is 87.6 Å². The Morgan fingerprint density at radius 3 is 2.90 bits per heavy atom. The predicted molar refractivity (Wildman–Crippen MR) is 77.6 cm³/mol. The zero-order valence-corrected chi connectivity index (χ0v) is 11.8. The van der Waals surface area contributed by atoms with Crippen LogP contribution in [0.25, 0.3) is 22.3 Å². The number of benzene rings is 1. The van der Waals surface area contributed by atoms with Crippen LogP contribution in [0.5, 0.6) is 0 Å². The van der Waals surface area contributed by atoms with Crippen LogP contribution in [0.4, 0.5) is 0 Å². The summed E-state index contributed by atoms with van der Waals surface area (Å²) in [5.74, 6) is 0.254. The molecule has 6 heteroatoms. The Kier molecular flexibility index (Phi) is 3.10. The second-order valence-electron chi connectivity index (χ2n) is 5.38. The lowest BCUT2D eigenvalue weighted by molar-refractivity contribution is 0.388. The number of H-pyrrole nitrogens is 1. The van der Waals surface area contributed by atoms with Crippen molar-refractivity contribution in [1.29, 1.82) is 5.26 Å². The van der Waals surface area contributed by atoms with E-state index in [4.69, 9.17) is 0 Å². The van der Waals surface area contributed by atoms with Gasteiger partial charge in [0.2, 0.25) is 0 Å². The van der Waals surface area contributed by atoms with Crippen LogP contribution in [-0.4, -0.2) is 14.7 Å². The lowest BCUT2D eigenvalue weighted by Gasteiger charge is -2.08. The summed E-state index contributed by atoms with van der Waals surface area (Å²) in [7, 11) is 0. The molecule has 0 saturated heterocycles. The zero-order valence-electron chi connectivity index (χ0n) is 11.8. The van der Waals surface area contributed by atoms with Gasteiger partial charge in [-0.05, 0) is 24.1 Å². The second kappa shape index (κ2) is 4.94. The second-order valence-corrected chi connectivity index (χ2v) is 5.38. The van der Waals surface area contributed by atoms with Gasteiger partial charge in [-0.25, -0.2) is 4.79 Å². The molecule has 0 spiro atoms. The number of fused-ring (bicyclic) bond motifs is 1. The zero-order chi connectivity index (χ0) is 15.0. The van der Waals surface area contributed by atoms with Crippen molar-refractivity contribution in [2.75, 3.05) is 0 Å². The fourth-order valence-corrected chi connectivity index (χ4v) is 2.43. The molecule has 0 fully saturated rings. The molecule has 0 saturated carbocycles. The molecule has 1 aromatic carbocycles. The molecule has 0 aliphatic heterocycles. The predicted octanol–water partition coefficient (Wildman–Crippen LogP) is 2.51. The third-order valence-corrected chi connectivity index (χ3v) is 3.28. The van der Waals surface area contributed by atoms with Gasteiger partial charge in [-0.2, -0.15) is 5.26 Å². The summed E-state index contributed by atoms with van der Waals surface area (Å²) >= 11 is 0. The van der Waals surface area contributed by atoms with Crippen LogP contribution in [0.1, 0.15) is 19.4 Å². The summed E-state index contributed by atoms with van der Waals surface area (Å²) in [6.45, 7) is 5.11. The molecule has 2 aromatic heterocycles. The summed E-state index contributed by atoms with van der Waals surface area (Å²) < 4.78 is 6.59. The number of hydrogen-bond donors (Lipinski definition) is 1. The third-order valence-electron chi connectivity index (χ3n) is 3.28. The van der Waals surface area contributed by atoms with Crippen molar-refractivity contribution in [2.45, 2.75) is 20.4 Å². The van der Waals surface area contributed by atoms with Gasteiger partial charge in [0.25, 0.3) is 0 Å². The van der Waals surface area contributed by atoms with E-state index in [9.17, 15) is 10.1 Å². The van der Waals surface area contributed by atoms with E-state index in [1.54, 1.807) is 0 Å². The minimum absolute atomic E-state index is 0.363. The Morgan fingerprint density at radius 1 is 1.48 bits per heavy atom. The van der Waals surface area contributed by atoms with E-state index in [-0.39, 0.29) is 0 Å². The molecule has 21 heavy (non-hydrogen) atoms. The van der Waals surface area contributed by atoms with E-state index in [0.29, 0.717) is 22.9 Å². The number of hydrogen-bond acceptors (Lipinski definition) is 4. The highest BCUT2D eigenvalue weighted by atomic mass is 16.5. The smallest absolute Gasteiger partial charge is 0.346 e. The molecule has 0 radical (unpaired) electrons. The summed E-state index contributed by atoms with van der Waals surface area (Å²) in [6.07, 6.45) is 1.86. The number of nitrogens with zero attached hydrogens (tertiary/aromatic N) is 3. The van der Waals surface area contributed by atoms with Gasteiger partial charge in [0.05, 0.1) is 5.56 Å². The van der Waals surface area contributed by atoms with Crippen LogP contribution in [0.15, 0.2) is 33.7 Å². The molecule has 6 nitrogen and oxygen atoms in total. The highest BCUT2D eigenvalue weighted by Crippen LogP contribution is 2.26. The SMILES string of the molecule is CC(C)Cn1cc(C#N)c2cc(-c3noc(=O)[nH]3)ccc21. The van der Waals surface area contributed by atoms with Crippen LogP contribution in [0, 0.1) is 17.2 Å². The Bertz CT molecular complexity index is 892. The normalized spacial score (nSPS) is 11.1. The fraction of sp³-hybridized carbons (Fsp3) is 0.267. The standard InChI is InChI=1S/C15H14N4O2/c1-9(2)7-19-8-11(6-16)12-5-10(3-4-13(12)19)14-17-15(20)21-18-14/h3-5,8-9H,7H2,1-2H3,(H,17,18,20). The molecule has 1 N–H and O–H groups in total. The first-order valence-corrected chi connectivity index (χ1v) is 6.68. The largest absolute Gasteiger partial charge is 0.439 e. The Morgan fingerprint density at radius 2 is 2.29 bits per heavy atom. The van der Waals surface area contributed by atoms with Gasteiger partial charge in [0, 0.05) is 29.2 Å². The highest BCUT2D eigenvalue weighted by Gasteiger charge is 2.12. The maximum absolute atomic E-state index is 11.0. The first kappa shape index (κ1) is 13.2. The summed E-state index contributed by atoms with van der Waals surface area (Å²) in [5.41, 5.74) is 2.32. The average molecular weight is 282 g/mol. The van der Waals surface area contributed by atoms with Gasteiger partial charge in [0.15, 0.2) is 5.82 Å². The monoisotopic (exact) mass is 282 g/mol. The Balaban J connectivity index is 2.17. The number of nitriles is 1. The van der Waals surface area contributed by atoms with E-state index in [0.717, 1.165) is 17.4 Å². The van der Waals surface area contributed by atoms with Gasteiger partial charge in [0.1, 0.15) is 6.07 Å². The summed E-state index contributed by atoms with van der Waals surface area (Å²) in [5, 5.41) is 13.8. The number of rotatable bonds is 3. The molecular formula is C15H14N4O2. The lowest BCUT2D eigenvalue weighted by atomic mass is 10.1. The first-order chi connectivity index (χ1) is 10.1. The van der Waals surface area contributed by atoms with E-state index >= 15 is 0 Å². The van der Waals surface area contributed by atoms with Crippen LogP contribution in [-0.2, 0) is 6.54 Å². The first-order valence-electron chi connectivity index (χ1n) is 6.68. The summed E-state index contributed by atoms with van der Waals surface area (Å²) in [6, 6.07) is 7.84. The maximum atomic E-state index is 11.0. The number of nitrogens with one attached hydrogen (secondary N) is 1. The fourth-order valence-electron chi connectivity index (χ4n) is 2.43. The molecule has 3 rings (SSSR count). The van der Waals surface area contributed by atoms with Crippen molar-refractivity contribution < 1.29 is 4.52 Å². The molecule has 0 amide bonds. The van der Waals surface area contributed by atoms with Gasteiger partial charge >= 0.3 is 5.76 Å². The van der Waals surface area contributed by atoms with Gasteiger partial charge in [-0.1, -0.05) is 19.0 Å². The summed E-state index contributed by atoms with van der Waals surface area (Å²) in [4.78, 5) is 13.5. The van der Waals surface area contributed by atoms with Crippen LogP contribution < -0.4 is 5.76 Å². The lowest BCUT2D eigenvalue weighted by Crippen LogP contribution is -2.02. The van der Waals surface area contributed by atoms with Gasteiger partial charge < -0.3 is 4.57 Å². The van der Waals surface area contributed by atoms with Crippen LogP contribution >= 0.6 is 0 Å². The molecule has 0 unspecified atom stereocenters. The molecule has 2 heterocycles. The Labute approximate surface area is 120 Å². The quantitative estimate of drug-likeness (QED) is 0.799. The minimum atomic E-state index is -0.594. The molecule has 106 valence electrons. The third kappa shape index (κ3) is 2.34. The van der Waals surface area contributed by atoms with Crippen molar-refractivity contribution in [1.82, 2.24) is 14.7 Å². The highest BCUT2D eigenvalue weighted by molar-refractivity contribution is 5.89. The average Bonchev–Trinajstić information content (AvgIpc) is 3.02. The van der Waals surface area contributed by atoms with Crippen molar-refractivity contribution in [2.24, 2.45) is 5.92 Å². The number of aromatic nitrogens is 3. The van der Waals surface area contributed by atoms with Crippen molar-refractivity contribution in [3.63, 3.8) is 0 Å². The van der Waals surface area contributed by atoms with Crippen LogP contribution in [0.2, 0.25) is 0 Å². The molecule has 3 aromatic rings. The number of aromatic amines is 1. The van der Waals surface area contributed by atoms with Crippen molar-refractivity contribution >= 4 is 10.9 Å². The van der Waals surface area contributed by atoms with Crippen LogP contribution in [0.3, 0.4) is 0 Å². The maximum Gasteiger partial charge on any atom is 0.439 e. The van der Waals surface area contributed by atoms with E-state index < -0.39 is 5.76 Å². The minimum Gasteiger partial charge on any atom is -0.346 e. The van der Waals surface area contributed by atoms with E-state index in [2.05, 4.69) is 39.1 Å². The molecule has 0 aliphatic carbocycles. The van der Waals surface area contributed by atoms with Crippen molar-refractivity contribution in [3.8, 4) is 17.5 Å². The van der Waals surface area contributed by atoms with E-state index in [1.807, 2.05) is 24.4 Å². The molecule has 0 atom stereocenters. The molecule has 0 aliphatic rings. The molecule has 0 bridgehead atoms. The van der Waals surface area contributed by atoms with Crippen molar-refractivity contribution in [3.05, 3.63) is 40.5 Å². The van der Waals surface area contributed by atoms with E-state index in [1.165, 1.54) is 0 Å². The van der Waals surface area contributed by atoms with Gasteiger partial charge in [-0.3, -0.25) is 9.51 Å².